The number of aryl methyl sites for hydroxylation is 2. The molecule has 0 bridgehead atoms. The zero-order chi connectivity index (χ0) is 13.0. The molecule has 0 unspecified atom stereocenters. The molecule has 0 saturated carbocycles. The summed E-state index contributed by atoms with van der Waals surface area (Å²) in [5.74, 6) is 0.174. The van der Waals surface area contributed by atoms with Gasteiger partial charge in [0.05, 0.1) is 6.54 Å². The molecular formula is C15H17NOS. The van der Waals surface area contributed by atoms with Gasteiger partial charge in [-0.15, -0.1) is 11.3 Å². The van der Waals surface area contributed by atoms with Gasteiger partial charge >= 0.3 is 0 Å². The summed E-state index contributed by atoms with van der Waals surface area (Å²) in [6, 6.07) is 12.1. The second kappa shape index (κ2) is 5.94. The summed E-state index contributed by atoms with van der Waals surface area (Å²) in [6.07, 6.45) is 0. The average Bonchev–Trinajstić information content (AvgIpc) is 2.70. The number of rotatable bonds is 5. The molecule has 1 N–H and O–H groups in total. The molecule has 2 rings (SSSR count). The van der Waals surface area contributed by atoms with Gasteiger partial charge in [-0.1, -0.05) is 30.3 Å². The van der Waals surface area contributed by atoms with Gasteiger partial charge in [0.1, 0.15) is 0 Å². The molecule has 94 valence electrons. The second-order valence-electron chi connectivity index (χ2n) is 4.34. The summed E-state index contributed by atoms with van der Waals surface area (Å²) in [5, 5.41) is 3.19. The van der Waals surface area contributed by atoms with E-state index in [0.29, 0.717) is 6.54 Å². The molecule has 0 aliphatic heterocycles. The Labute approximate surface area is 112 Å². The van der Waals surface area contributed by atoms with Gasteiger partial charge in [0, 0.05) is 21.9 Å². The third-order valence-corrected chi connectivity index (χ3v) is 3.76. The zero-order valence-electron chi connectivity index (χ0n) is 10.7. The average molecular weight is 259 g/mol. The molecule has 2 nitrogen and oxygen atoms in total. The molecule has 3 heteroatoms. The zero-order valence-corrected chi connectivity index (χ0v) is 11.5. The van der Waals surface area contributed by atoms with Gasteiger partial charge in [0.15, 0.2) is 5.78 Å². The fourth-order valence-electron chi connectivity index (χ4n) is 1.92. The van der Waals surface area contributed by atoms with Gasteiger partial charge < -0.3 is 5.32 Å². The van der Waals surface area contributed by atoms with Gasteiger partial charge in [0.2, 0.25) is 0 Å². The highest BCUT2D eigenvalue weighted by Gasteiger charge is 2.11. The number of ketones is 1. The highest BCUT2D eigenvalue weighted by Crippen LogP contribution is 2.20. The number of nitrogens with one attached hydrogen (secondary N) is 1. The van der Waals surface area contributed by atoms with Crippen molar-refractivity contribution in [3.8, 4) is 0 Å². The topological polar surface area (TPSA) is 29.1 Å². The van der Waals surface area contributed by atoms with Gasteiger partial charge in [-0.25, -0.2) is 0 Å². The molecule has 0 amide bonds. The summed E-state index contributed by atoms with van der Waals surface area (Å²) < 4.78 is 0. The first-order valence-electron chi connectivity index (χ1n) is 6.01. The van der Waals surface area contributed by atoms with Crippen molar-refractivity contribution in [2.24, 2.45) is 0 Å². The summed E-state index contributed by atoms with van der Waals surface area (Å²) >= 11 is 1.68. The Balaban J connectivity index is 1.87. The first-order chi connectivity index (χ1) is 8.66. The number of benzene rings is 1. The van der Waals surface area contributed by atoms with Crippen LogP contribution in [0.1, 0.15) is 25.7 Å². The lowest BCUT2D eigenvalue weighted by Crippen LogP contribution is -2.22. The van der Waals surface area contributed by atoms with Crippen molar-refractivity contribution in [2.75, 3.05) is 6.54 Å². The minimum Gasteiger partial charge on any atom is -0.306 e. The Morgan fingerprint density at radius 2 is 1.94 bits per heavy atom. The summed E-state index contributed by atoms with van der Waals surface area (Å²) in [4.78, 5) is 14.3. The standard InChI is InChI=1S/C15H17NOS/c1-11-8-14(12(2)18-11)15(17)10-16-9-13-6-4-3-5-7-13/h3-8,16H,9-10H2,1-2H3. The van der Waals surface area contributed by atoms with Crippen LogP contribution in [0.2, 0.25) is 0 Å². The predicted octanol–water partition coefficient (Wildman–Crippen LogP) is 3.34. The number of hydrogen-bond donors (Lipinski definition) is 1. The van der Waals surface area contributed by atoms with Gasteiger partial charge in [0.25, 0.3) is 0 Å². The normalized spacial score (nSPS) is 10.6. The number of hydrogen-bond acceptors (Lipinski definition) is 3. The van der Waals surface area contributed by atoms with E-state index in [4.69, 9.17) is 0 Å². The van der Waals surface area contributed by atoms with E-state index in [1.54, 1.807) is 11.3 Å². The molecule has 1 heterocycles. The molecule has 2 aromatic rings. The minimum atomic E-state index is 0.174. The van der Waals surface area contributed by atoms with Crippen LogP contribution in [0.15, 0.2) is 36.4 Å². The minimum absolute atomic E-state index is 0.174. The van der Waals surface area contributed by atoms with Crippen LogP contribution in [0.5, 0.6) is 0 Å². The fraction of sp³-hybridized carbons (Fsp3) is 0.267. The van der Waals surface area contributed by atoms with Crippen LogP contribution < -0.4 is 5.32 Å². The molecule has 0 atom stereocenters. The summed E-state index contributed by atoms with van der Waals surface area (Å²) in [6.45, 7) is 5.16. The van der Waals surface area contributed by atoms with E-state index in [-0.39, 0.29) is 5.78 Å². The quantitative estimate of drug-likeness (QED) is 0.834. The molecule has 1 aromatic heterocycles. The van der Waals surface area contributed by atoms with Crippen LogP contribution in [0.25, 0.3) is 0 Å². The maximum atomic E-state index is 12.0. The van der Waals surface area contributed by atoms with Crippen molar-refractivity contribution in [1.29, 1.82) is 0 Å². The van der Waals surface area contributed by atoms with E-state index >= 15 is 0 Å². The Kier molecular flexibility index (Phi) is 4.28. The van der Waals surface area contributed by atoms with Crippen LogP contribution >= 0.6 is 11.3 Å². The SMILES string of the molecule is Cc1cc(C(=O)CNCc2ccccc2)c(C)s1. The van der Waals surface area contributed by atoms with Gasteiger partial charge in [-0.05, 0) is 25.5 Å². The Bertz CT molecular complexity index is 531. The van der Waals surface area contributed by atoms with Crippen LogP contribution in [0.4, 0.5) is 0 Å². The van der Waals surface area contributed by atoms with Crippen molar-refractivity contribution < 1.29 is 4.79 Å². The fourth-order valence-corrected chi connectivity index (χ4v) is 2.86. The highest BCUT2D eigenvalue weighted by molar-refractivity contribution is 7.12. The molecule has 1 aromatic carbocycles. The maximum absolute atomic E-state index is 12.0. The first-order valence-corrected chi connectivity index (χ1v) is 6.83. The van der Waals surface area contributed by atoms with Gasteiger partial charge in [-0.2, -0.15) is 0 Å². The van der Waals surface area contributed by atoms with Crippen molar-refractivity contribution in [2.45, 2.75) is 20.4 Å². The molecule has 0 aliphatic rings. The molecule has 0 saturated heterocycles. The molecule has 0 spiro atoms. The number of carbonyl (C=O) groups excluding carboxylic acids is 1. The van der Waals surface area contributed by atoms with E-state index in [9.17, 15) is 4.79 Å². The largest absolute Gasteiger partial charge is 0.306 e. The number of thiophene rings is 1. The molecular weight excluding hydrogens is 242 g/mol. The predicted molar refractivity (Wildman–Crippen MR) is 76.3 cm³/mol. The third kappa shape index (κ3) is 3.28. The van der Waals surface area contributed by atoms with E-state index in [0.717, 1.165) is 17.0 Å². The molecule has 0 aliphatic carbocycles. The summed E-state index contributed by atoms with van der Waals surface area (Å²) in [7, 11) is 0. The van der Waals surface area contributed by atoms with Gasteiger partial charge in [-0.3, -0.25) is 4.79 Å². The number of Topliss-reactive ketones (excluding diaryl/α,β-unsaturated/α-hetero) is 1. The Hall–Kier alpha value is -1.45. The van der Waals surface area contributed by atoms with Crippen LogP contribution in [-0.2, 0) is 6.54 Å². The first kappa shape index (κ1) is 13.0. The van der Waals surface area contributed by atoms with E-state index < -0.39 is 0 Å². The molecule has 0 radical (unpaired) electrons. The van der Waals surface area contributed by atoms with Crippen LogP contribution in [0, 0.1) is 13.8 Å². The van der Waals surface area contributed by atoms with E-state index in [1.165, 1.54) is 10.4 Å². The Morgan fingerprint density at radius 3 is 2.56 bits per heavy atom. The second-order valence-corrected chi connectivity index (χ2v) is 5.80. The van der Waals surface area contributed by atoms with Crippen LogP contribution in [-0.4, -0.2) is 12.3 Å². The van der Waals surface area contributed by atoms with E-state index in [2.05, 4.69) is 17.4 Å². The molecule has 18 heavy (non-hydrogen) atoms. The van der Waals surface area contributed by atoms with Crippen molar-refractivity contribution in [1.82, 2.24) is 5.32 Å². The van der Waals surface area contributed by atoms with E-state index in [1.807, 2.05) is 38.1 Å². The summed E-state index contributed by atoms with van der Waals surface area (Å²) in [5.41, 5.74) is 2.06. The third-order valence-electron chi connectivity index (χ3n) is 2.80. The smallest absolute Gasteiger partial charge is 0.177 e. The lowest BCUT2D eigenvalue weighted by Gasteiger charge is -2.04. The maximum Gasteiger partial charge on any atom is 0.177 e. The molecule has 0 fully saturated rings. The monoisotopic (exact) mass is 259 g/mol. The van der Waals surface area contributed by atoms with Crippen LogP contribution in [0.3, 0.4) is 0 Å². The number of carbonyl (C=O) groups is 1. The van der Waals surface area contributed by atoms with Crippen molar-refractivity contribution in [3.05, 3.63) is 57.3 Å². The lowest BCUT2D eigenvalue weighted by atomic mass is 10.1. The van der Waals surface area contributed by atoms with Crippen molar-refractivity contribution in [3.63, 3.8) is 0 Å². The van der Waals surface area contributed by atoms with Crippen molar-refractivity contribution >= 4 is 17.1 Å². The Morgan fingerprint density at radius 1 is 1.22 bits per heavy atom. The highest BCUT2D eigenvalue weighted by atomic mass is 32.1. The lowest BCUT2D eigenvalue weighted by molar-refractivity contribution is 0.0990.